The predicted molar refractivity (Wildman–Crippen MR) is 59.5 cm³/mol. The van der Waals surface area contributed by atoms with E-state index < -0.39 is 0 Å². The minimum absolute atomic E-state index is 0.193. The highest BCUT2D eigenvalue weighted by atomic mass is 16.5. The Balaban J connectivity index is 2.16. The molecule has 0 aliphatic carbocycles. The van der Waals surface area contributed by atoms with Gasteiger partial charge in [-0.2, -0.15) is 0 Å². The van der Waals surface area contributed by atoms with Gasteiger partial charge < -0.3 is 15.2 Å². The molecule has 0 amide bonds. The Labute approximate surface area is 90.1 Å². The van der Waals surface area contributed by atoms with Gasteiger partial charge in [0, 0.05) is 6.54 Å². The number of ether oxygens (including phenoxy) is 1. The van der Waals surface area contributed by atoms with Crippen LogP contribution in [-0.4, -0.2) is 24.3 Å². The van der Waals surface area contributed by atoms with Crippen LogP contribution in [0.3, 0.4) is 0 Å². The second-order valence-corrected chi connectivity index (χ2v) is 4.14. The number of hydrogen-bond donors (Lipinski definition) is 2. The van der Waals surface area contributed by atoms with Crippen molar-refractivity contribution in [2.45, 2.75) is 26.4 Å². The molecule has 0 bridgehead atoms. The number of nitrogens with one attached hydrogen (secondary N) is 1. The zero-order valence-electron chi connectivity index (χ0n) is 9.21. The smallest absolute Gasteiger partial charge is 0.161 e. The molecule has 1 saturated heterocycles. The number of phenolic OH excluding ortho intramolecular Hbond substituents is 1. The molecule has 1 aliphatic rings. The summed E-state index contributed by atoms with van der Waals surface area (Å²) < 4.78 is 5.73. The molecule has 1 heterocycles. The van der Waals surface area contributed by atoms with Crippen LogP contribution < -0.4 is 10.1 Å². The van der Waals surface area contributed by atoms with Crippen LogP contribution in [-0.2, 0) is 0 Å². The quantitative estimate of drug-likeness (QED) is 0.776. The van der Waals surface area contributed by atoms with Crippen molar-refractivity contribution in [3.05, 3.63) is 23.3 Å². The standard InChI is InChI=1S/C12H17NO2/c1-8-5-11(14)12(6-9(8)2)15-10-3-4-13-7-10/h5-6,10,13-14H,3-4,7H2,1-2H3. The first-order chi connectivity index (χ1) is 7.16. The molecule has 0 saturated carbocycles. The van der Waals surface area contributed by atoms with Gasteiger partial charge in [0.25, 0.3) is 0 Å². The van der Waals surface area contributed by atoms with E-state index in [1.807, 2.05) is 19.9 Å². The SMILES string of the molecule is Cc1cc(O)c(OC2CCNC2)cc1C. The lowest BCUT2D eigenvalue weighted by Crippen LogP contribution is -2.19. The average molecular weight is 207 g/mol. The lowest BCUT2D eigenvalue weighted by atomic mass is 10.1. The fourth-order valence-corrected chi connectivity index (χ4v) is 1.78. The van der Waals surface area contributed by atoms with E-state index in [2.05, 4.69) is 5.32 Å². The third kappa shape index (κ3) is 2.23. The average Bonchev–Trinajstić information content (AvgIpc) is 2.67. The van der Waals surface area contributed by atoms with Crippen LogP contribution in [0.25, 0.3) is 0 Å². The molecule has 1 atom stereocenters. The normalized spacial score (nSPS) is 20.5. The molecule has 3 nitrogen and oxygen atoms in total. The molecule has 0 aromatic heterocycles. The van der Waals surface area contributed by atoms with Crippen molar-refractivity contribution in [3.8, 4) is 11.5 Å². The lowest BCUT2D eigenvalue weighted by molar-refractivity contribution is 0.214. The highest BCUT2D eigenvalue weighted by Crippen LogP contribution is 2.30. The Morgan fingerprint density at radius 2 is 2.07 bits per heavy atom. The molecule has 82 valence electrons. The number of rotatable bonds is 2. The monoisotopic (exact) mass is 207 g/mol. The molecule has 15 heavy (non-hydrogen) atoms. The molecular formula is C12H17NO2. The van der Waals surface area contributed by atoms with E-state index in [0.29, 0.717) is 5.75 Å². The second kappa shape index (κ2) is 4.11. The van der Waals surface area contributed by atoms with E-state index in [1.54, 1.807) is 6.07 Å². The lowest BCUT2D eigenvalue weighted by Gasteiger charge is -2.15. The number of aromatic hydroxyl groups is 1. The largest absolute Gasteiger partial charge is 0.504 e. The molecule has 3 heteroatoms. The van der Waals surface area contributed by atoms with Crippen LogP contribution in [0.1, 0.15) is 17.5 Å². The van der Waals surface area contributed by atoms with Crippen molar-refractivity contribution in [2.24, 2.45) is 0 Å². The highest BCUT2D eigenvalue weighted by Gasteiger charge is 2.17. The number of phenols is 1. The zero-order chi connectivity index (χ0) is 10.8. The highest BCUT2D eigenvalue weighted by molar-refractivity contribution is 5.45. The molecule has 0 spiro atoms. The summed E-state index contributed by atoms with van der Waals surface area (Å²) in [5.74, 6) is 0.844. The summed E-state index contributed by atoms with van der Waals surface area (Å²) in [5.41, 5.74) is 2.23. The van der Waals surface area contributed by atoms with Crippen molar-refractivity contribution >= 4 is 0 Å². The first kappa shape index (κ1) is 10.3. The summed E-state index contributed by atoms with van der Waals surface area (Å²) in [5, 5.41) is 13.0. The van der Waals surface area contributed by atoms with Crippen molar-refractivity contribution < 1.29 is 9.84 Å². The maximum atomic E-state index is 9.73. The van der Waals surface area contributed by atoms with E-state index in [1.165, 1.54) is 0 Å². The molecule has 1 aromatic carbocycles. The zero-order valence-corrected chi connectivity index (χ0v) is 9.21. The van der Waals surface area contributed by atoms with Crippen molar-refractivity contribution in [1.82, 2.24) is 5.32 Å². The molecule has 1 fully saturated rings. The minimum Gasteiger partial charge on any atom is -0.504 e. The van der Waals surface area contributed by atoms with Gasteiger partial charge in [0.15, 0.2) is 11.5 Å². The van der Waals surface area contributed by atoms with Gasteiger partial charge in [-0.3, -0.25) is 0 Å². The van der Waals surface area contributed by atoms with E-state index in [-0.39, 0.29) is 11.9 Å². The van der Waals surface area contributed by atoms with Gasteiger partial charge in [-0.25, -0.2) is 0 Å². The summed E-state index contributed by atoms with van der Waals surface area (Å²) in [4.78, 5) is 0. The van der Waals surface area contributed by atoms with Gasteiger partial charge in [-0.05, 0) is 50.1 Å². The van der Waals surface area contributed by atoms with Crippen LogP contribution >= 0.6 is 0 Å². The molecule has 2 N–H and O–H groups in total. The van der Waals surface area contributed by atoms with Gasteiger partial charge in [0.2, 0.25) is 0 Å². The van der Waals surface area contributed by atoms with Crippen molar-refractivity contribution in [2.75, 3.05) is 13.1 Å². The Hall–Kier alpha value is -1.22. The predicted octanol–water partition coefficient (Wildman–Crippen LogP) is 1.75. The van der Waals surface area contributed by atoms with Gasteiger partial charge >= 0.3 is 0 Å². The molecule has 1 aromatic rings. The van der Waals surface area contributed by atoms with Gasteiger partial charge in [-0.1, -0.05) is 0 Å². The summed E-state index contributed by atoms with van der Waals surface area (Å²) in [6.45, 7) is 5.87. The molecule has 1 unspecified atom stereocenters. The maximum absolute atomic E-state index is 9.73. The van der Waals surface area contributed by atoms with Gasteiger partial charge in [0.1, 0.15) is 6.10 Å². The van der Waals surface area contributed by atoms with E-state index in [9.17, 15) is 5.11 Å². The maximum Gasteiger partial charge on any atom is 0.161 e. The topological polar surface area (TPSA) is 41.5 Å². The van der Waals surface area contributed by atoms with E-state index in [4.69, 9.17) is 4.74 Å². The fraction of sp³-hybridized carbons (Fsp3) is 0.500. The third-order valence-electron chi connectivity index (χ3n) is 2.88. The first-order valence-corrected chi connectivity index (χ1v) is 5.34. The van der Waals surface area contributed by atoms with Crippen molar-refractivity contribution in [3.63, 3.8) is 0 Å². The molecule has 1 aliphatic heterocycles. The van der Waals surface area contributed by atoms with Crippen LogP contribution in [0.5, 0.6) is 11.5 Å². The molecule has 2 rings (SSSR count). The van der Waals surface area contributed by atoms with Crippen LogP contribution in [0.2, 0.25) is 0 Å². The third-order valence-corrected chi connectivity index (χ3v) is 2.88. The molecule has 0 radical (unpaired) electrons. The summed E-state index contributed by atoms with van der Waals surface area (Å²) >= 11 is 0. The fourth-order valence-electron chi connectivity index (χ4n) is 1.78. The van der Waals surface area contributed by atoms with Crippen LogP contribution in [0.4, 0.5) is 0 Å². The second-order valence-electron chi connectivity index (χ2n) is 4.14. The molecular weight excluding hydrogens is 190 g/mol. The van der Waals surface area contributed by atoms with Crippen LogP contribution in [0.15, 0.2) is 12.1 Å². The number of hydrogen-bond acceptors (Lipinski definition) is 3. The summed E-state index contributed by atoms with van der Waals surface area (Å²) in [6, 6.07) is 3.66. The number of aryl methyl sites for hydroxylation is 2. The first-order valence-electron chi connectivity index (χ1n) is 5.34. The minimum atomic E-state index is 0.193. The summed E-state index contributed by atoms with van der Waals surface area (Å²) in [7, 11) is 0. The van der Waals surface area contributed by atoms with Gasteiger partial charge in [0.05, 0.1) is 0 Å². The Kier molecular flexibility index (Phi) is 2.82. The number of benzene rings is 1. The summed E-state index contributed by atoms with van der Waals surface area (Å²) in [6.07, 6.45) is 1.20. The van der Waals surface area contributed by atoms with E-state index in [0.717, 1.165) is 30.6 Å². The van der Waals surface area contributed by atoms with Crippen molar-refractivity contribution in [1.29, 1.82) is 0 Å². The Bertz CT molecular complexity index is 357. The van der Waals surface area contributed by atoms with E-state index >= 15 is 0 Å². The Morgan fingerprint density at radius 1 is 1.33 bits per heavy atom. The van der Waals surface area contributed by atoms with Crippen LogP contribution in [0, 0.1) is 13.8 Å². The van der Waals surface area contributed by atoms with Gasteiger partial charge in [-0.15, -0.1) is 0 Å². The Morgan fingerprint density at radius 3 is 2.73 bits per heavy atom.